The molecule has 0 bridgehead atoms. The Bertz CT molecular complexity index is 1580. The average Bonchev–Trinajstić information content (AvgIpc) is 3.10. The zero-order chi connectivity index (χ0) is 36.0. The highest BCUT2D eigenvalue weighted by Crippen LogP contribution is 2.20. The number of hydrogen-bond donors (Lipinski definition) is 2. The van der Waals surface area contributed by atoms with E-state index in [2.05, 4.69) is 5.32 Å². The van der Waals surface area contributed by atoms with Crippen molar-refractivity contribution in [3.8, 4) is 0 Å². The Kier molecular flexibility index (Phi) is 15.0. The molecule has 3 aromatic rings. The fourth-order valence-electron chi connectivity index (χ4n) is 5.78. The van der Waals surface area contributed by atoms with Crippen molar-refractivity contribution in [3.05, 3.63) is 125 Å². The van der Waals surface area contributed by atoms with Crippen molar-refractivity contribution in [2.45, 2.75) is 83.8 Å². The molecule has 2 atom stereocenters. The minimum Gasteiger partial charge on any atom is -0.354 e. The normalized spacial score (nSPS) is 13.0. The predicted octanol–water partition coefficient (Wildman–Crippen LogP) is 6.43. The number of hydrogen-bond acceptors (Lipinski definition) is 4. The Hall–Kier alpha value is -4.56. The van der Waals surface area contributed by atoms with Crippen molar-refractivity contribution in [2.75, 3.05) is 20.6 Å². The van der Waals surface area contributed by atoms with Crippen LogP contribution in [0.25, 0.3) is 6.08 Å². The van der Waals surface area contributed by atoms with Gasteiger partial charge in [-0.1, -0.05) is 92.7 Å². The highest BCUT2D eigenvalue weighted by Gasteiger charge is 2.35. The van der Waals surface area contributed by atoms with E-state index < -0.39 is 17.6 Å². The van der Waals surface area contributed by atoms with Gasteiger partial charge in [0, 0.05) is 39.0 Å². The summed E-state index contributed by atoms with van der Waals surface area (Å²) in [7, 11) is 3.22. The van der Waals surface area contributed by atoms with Crippen LogP contribution in [-0.4, -0.2) is 65.8 Å². The van der Waals surface area contributed by atoms with Crippen LogP contribution in [0.4, 0.5) is 4.39 Å². The first kappa shape index (κ1) is 38.9. The van der Waals surface area contributed by atoms with Gasteiger partial charge in [-0.2, -0.15) is 0 Å². The minimum absolute atomic E-state index is 0.174. The fraction of sp³-hybridized carbons (Fsp3) is 0.390. The van der Waals surface area contributed by atoms with Gasteiger partial charge in [0.05, 0.1) is 0 Å². The van der Waals surface area contributed by atoms with Gasteiger partial charge in [0.15, 0.2) is 0 Å². The Morgan fingerprint density at radius 1 is 0.878 bits per heavy atom. The molecular formula is C41H53FN4O3. The van der Waals surface area contributed by atoms with Crippen LogP contribution in [0.5, 0.6) is 0 Å². The number of carbonyl (C=O) groups is 3. The van der Waals surface area contributed by atoms with Gasteiger partial charge < -0.3 is 20.9 Å². The third kappa shape index (κ3) is 11.5. The maximum absolute atomic E-state index is 14.5. The SMILES string of the molecule is C/C=C\c1ccc(C[C@H](C(=O)N(C)C(Cc2ccc(F)cc2)C(=O)NCCc2ccccc2)N(C)C(=O)/C=C/CC(N)(CC)CC)cc1C. The van der Waals surface area contributed by atoms with Crippen molar-refractivity contribution < 1.29 is 18.8 Å². The second-order valence-corrected chi connectivity index (χ2v) is 12.9. The first-order chi connectivity index (χ1) is 23.4. The highest BCUT2D eigenvalue weighted by molar-refractivity contribution is 5.95. The van der Waals surface area contributed by atoms with E-state index in [4.69, 9.17) is 5.73 Å². The molecule has 3 amide bonds. The molecule has 0 aliphatic rings. The number of likely N-dealkylation sites (N-methyl/N-ethyl adjacent to an activating group) is 2. The zero-order valence-corrected chi connectivity index (χ0v) is 29.9. The molecule has 0 aliphatic carbocycles. The molecule has 0 heterocycles. The summed E-state index contributed by atoms with van der Waals surface area (Å²) in [5.41, 5.74) is 10.9. The molecule has 0 saturated carbocycles. The lowest BCUT2D eigenvalue weighted by molar-refractivity contribution is -0.146. The lowest BCUT2D eigenvalue weighted by atomic mass is 9.90. The van der Waals surface area contributed by atoms with E-state index in [0.717, 1.165) is 35.1 Å². The third-order valence-electron chi connectivity index (χ3n) is 9.42. The van der Waals surface area contributed by atoms with Gasteiger partial charge in [0.1, 0.15) is 17.9 Å². The van der Waals surface area contributed by atoms with E-state index in [1.54, 1.807) is 32.3 Å². The first-order valence-corrected chi connectivity index (χ1v) is 17.2. The van der Waals surface area contributed by atoms with Gasteiger partial charge in [-0.15, -0.1) is 0 Å². The van der Waals surface area contributed by atoms with Gasteiger partial charge in [-0.05, 0) is 85.6 Å². The molecule has 0 saturated heterocycles. The Labute approximate surface area is 292 Å². The number of rotatable bonds is 17. The molecular weight excluding hydrogens is 615 g/mol. The zero-order valence-electron chi connectivity index (χ0n) is 29.9. The number of nitrogens with zero attached hydrogens (tertiary/aromatic N) is 2. The number of allylic oxidation sites excluding steroid dienone is 1. The van der Waals surface area contributed by atoms with Crippen LogP contribution in [0.3, 0.4) is 0 Å². The van der Waals surface area contributed by atoms with Gasteiger partial charge in [-0.3, -0.25) is 14.4 Å². The van der Waals surface area contributed by atoms with E-state index in [1.807, 2.05) is 88.4 Å². The number of amides is 3. The van der Waals surface area contributed by atoms with Crippen LogP contribution < -0.4 is 11.1 Å². The Morgan fingerprint density at radius 3 is 2.12 bits per heavy atom. The molecule has 0 spiro atoms. The topological polar surface area (TPSA) is 95.7 Å². The molecule has 0 aliphatic heterocycles. The second-order valence-electron chi connectivity index (χ2n) is 12.9. The second kappa shape index (κ2) is 18.8. The standard InChI is InChI=1S/C41H53FN4O3/c1-7-14-34-21-18-33(27-30(34)4)29-37(45(5)38(47)17-13-25-41(43,8-2)9-3)40(49)46(6)36(28-32-19-22-35(42)23-20-32)39(48)44-26-24-31-15-11-10-12-16-31/h7,10-23,27,36-37H,8-9,24-26,28-29,43H2,1-6H3,(H,44,48)/b14-7-,17-13+/t36?,37-/m1/s1. The number of carbonyl (C=O) groups excluding carboxylic acids is 3. The molecule has 3 aromatic carbocycles. The first-order valence-electron chi connectivity index (χ1n) is 17.2. The lowest BCUT2D eigenvalue weighted by Gasteiger charge is -2.34. The number of benzene rings is 3. The van der Waals surface area contributed by atoms with Crippen LogP contribution in [0.1, 0.15) is 67.9 Å². The Balaban J connectivity index is 1.93. The molecule has 0 fully saturated rings. The minimum atomic E-state index is -0.902. The Morgan fingerprint density at radius 2 is 1.51 bits per heavy atom. The maximum atomic E-state index is 14.5. The molecule has 0 aromatic heterocycles. The van der Waals surface area contributed by atoms with E-state index in [0.29, 0.717) is 24.9 Å². The van der Waals surface area contributed by atoms with Gasteiger partial charge in [0.25, 0.3) is 0 Å². The van der Waals surface area contributed by atoms with Gasteiger partial charge >= 0.3 is 0 Å². The third-order valence-corrected chi connectivity index (χ3v) is 9.42. The summed E-state index contributed by atoms with van der Waals surface area (Å²) in [6, 6.07) is 19.9. The van der Waals surface area contributed by atoms with Crippen molar-refractivity contribution in [3.63, 3.8) is 0 Å². The van der Waals surface area contributed by atoms with Crippen molar-refractivity contribution in [1.82, 2.24) is 15.1 Å². The summed E-state index contributed by atoms with van der Waals surface area (Å²) in [5, 5.41) is 3.00. The molecule has 8 heteroatoms. The van der Waals surface area contributed by atoms with Gasteiger partial charge in [-0.25, -0.2) is 4.39 Å². The molecule has 262 valence electrons. The fourth-order valence-corrected chi connectivity index (χ4v) is 5.78. The van der Waals surface area contributed by atoms with Crippen LogP contribution in [0.15, 0.2) is 91.0 Å². The van der Waals surface area contributed by atoms with Crippen molar-refractivity contribution in [1.29, 1.82) is 0 Å². The summed E-state index contributed by atoms with van der Waals surface area (Å²) in [6.45, 7) is 8.41. The van der Waals surface area contributed by atoms with Crippen LogP contribution >= 0.6 is 0 Å². The molecule has 0 radical (unpaired) electrons. The number of aryl methyl sites for hydroxylation is 1. The summed E-state index contributed by atoms with van der Waals surface area (Å²) in [4.78, 5) is 44.7. The monoisotopic (exact) mass is 668 g/mol. The summed E-state index contributed by atoms with van der Waals surface area (Å²) in [6.07, 6.45) is 10.4. The smallest absolute Gasteiger partial charge is 0.246 e. The van der Waals surface area contributed by atoms with Crippen molar-refractivity contribution in [2.24, 2.45) is 5.73 Å². The molecule has 7 nitrogen and oxygen atoms in total. The summed E-state index contributed by atoms with van der Waals surface area (Å²) < 4.78 is 13.8. The molecule has 49 heavy (non-hydrogen) atoms. The summed E-state index contributed by atoms with van der Waals surface area (Å²) >= 11 is 0. The predicted molar refractivity (Wildman–Crippen MR) is 197 cm³/mol. The van der Waals surface area contributed by atoms with E-state index in [-0.39, 0.29) is 36.4 Å². The average molecular weight is 669 g/mol. The molecule has 1 unspecified atom stereocenters. The van der Waals surface area contributed by atoms with Crippen LogP contribution in [-0.2, 0) is 33.6 Å². The van der Waals surface area contributed by atoms with E-state index in [9.17, 15) is 18.8 Å². The largest absolute Gasteiger partial charge is 0.354 e. The van der Waals surface area contributed by atoms with Crippen LogP contribution in [0, 0.1) is 12.7 Å². The molecule has 3 N–H and O–H groups in total. The molecule has 3 rings (SSSR count). The number of halogens is 1. The maximum Gasteiger partial charge on any atom is 0.246 e. The van der Waals surface area contributed by atoms with Crippen molar-refractivity contribution >= 4 is 23.8 Å². The number of nitrogens with one attached hydrogen (secondary N) is 1. The van der Waals surface area contributed by atoms with Crippen LogP contribution in [0.2, 0.25) is 0 Å². The van der Waals surface area contributed by atoms with E-state index >= 15 is 0 Å². The van der Waals surface area contributed by atoms with E-state index in [1.165, 1.54) is 28.0 Å². The highest BCUT2D eigenvalue weighted by atomic mass is 19.1. The quantitative estimate of drug-likeness (QED) is 0.162. The number of nitrogens with two attached hydrogens (primary N) is 1. The van der Waals surface area contributed by atoms with Gasteiger partial charge in [0.2, 0.25) is 17.7 Å². The summed E-state index contributed by atoms with van der Waals surface area (Å²) in [5.74, 6) is -1.41. The lowest BCUT2D eigenvalue weighted by Crippen LogP contribution is -2.56.